The SMILES string of the molecule is CC(C)CC(CN)CN1Cc2ccccc2C1. The Morgan fingerprint density at radius 2 is 1.76 bits per heavy atom. The van der Waals surface area contributed by atoms with Crippen molar-refractivity contribution in [1.29, 1.82) is 0 Å². The van der Waals surface area contributed by atoms with E-state index in [-0.39, 0.29) is 0 Å². The smallest absolute Gasteiger partial charge is 0.0240 e. The Hall–Kier alpha value is -0.860. The van der Waals surface area contributed by atoms with Gasteiger partial charge in [0, 0.05) is 19.6 Å². The summed E-state index contributed by atoms with van der Waals surface area (Å²) in [6.07, 6.45) is 1.24. The van der Waals surface area contributed by atoms with Crippen LogP contribution in [0.1, 0.15) is 31.4 Å². The van der Waals surface area contributed by atoms with Crippen molar-refractivity contribution < 1.29 is 0 Å². The second-order valence-corrected chi connectivity index (χ2v) is 5.67. The molecule has 94 valence electrons. The third kappa shape index (κ3) is 3.30. The molecule has 0 amide bonds. The Kier molecular flexibility index (Phi) is 4.19. The van der Waals surface area contributed by atoms with Gasteiger partial charge >= 0.3 is 0 Å². The van der Waals surface area contributed by atoms with E-state index in [1.165, 1.54) is 17.5 Å². The van der Waals surface area contributed by atoms with Crippen LogP contribution in [0, 0.1) is 11.8 Å². The van der Waals surface area contributed by atoms with Gasteiger partial charge in [-0.2, -0.15) is 0 Å². The lowest BCUT2D eigenvalue weighted by molar-refractivity contribution is 0.221. The highest BCUT2D eigenvalue weighted by molar-refractivity contribution is 5.30. The van der Waals surface area contributed by atoms with Crippen LogP contribution in [0.3, 0.4) is 0 Å². The molecule has 2 nitrogen and oxygen atoms in total. The number of hydrogen-bond acceptors (Lipinski definition) is 2. The minimum absolute atomic E-state index is 0.643. The minimum atomic E-state index is 0.643. The topological polar surface area (TPSA) is 29.3 Å². The van der Waals surface area contributed by atoms with E-state index in [2.05, 4.69) is 43.0 Å². The molecule has 0 radical (unpaired) electrons. The molecule has 0 saturated carbocycles. The van der Waals surface area contributed by atoms with Crippen molar-refractivity contribution in [2.45, 2.75) is 33.4 Å². The first-order valence-corrected chi connectivity index (χ1v) is 6.68. The van der Waals surface area contributed by atoms with E-state index in [1.807, 2.05) is 0 Å². The molecule has 1 atom stereocenters. The quantitative estimate of drug-likeness (QED) is 0.845. The molecular formula is C15H24N2. The normalized spacial score (nSPS) is 17.4. The van der Waals surface area contributed by atoms with E-state index < -0.39 is 0 Å². The third-order valence-corrected chi connectivity index (χ3v) is 3.56. The first kappa shape index (κ1) is 12.6. The zero-order valence-corrected chi connectivity index (χ0v) is 11.0. The summed E-state index contributed by atoms with van der Waals surface area (Å²) in [7, 11) is 0. The molecule has 0 saturated heterocycles. The fraction of sp³-hybridized carbons (Fsp3) is 0.600. The molecule has 0 spiro atoms. The second kappa shape index (κ2) is 5.65. The van der Waals surface area contributed by atoms with Crippen LogP contribution in [0.5, 0.6) is 0 Å². The van der Waals surface area contributed by atoms with E-state index in [1.54, 1.807) is 0 Å². The minimum Gasteiger partial charge on any atom is -0.330 e. The van der Waals surface area contributed by atoms with Crippen LogP contribution in [0.2, 0.25) is 0 Å². The average molecular weight is 232 g/mol. The maximum Gasteiger partial charge on any atom is 0.0240 e. The number of nitrogens with zero attached hydrogens (tertiary/aromatic N) is 1. The summed E-state index contributed by atoms with van der Waals surface area (Å²) in [5.74, 6) is 1.39. The van der Waals surface area contributed by atoms with Crippen LogP contribution >= 0.6 is 0 Å². The van der Waals surface area contributed by atoms with Gasteiger partial charge in [-0.3, -0.25) is 4.90 Å². The van der Waals surface area contributed by atoms with Gasteiger partial charge in [0.2, 0.25) is 0 Å². The lowest BCUT2D eigenvalue weighted by Gasteiger charge is -2.23. The van der Waals surface area contributed by atoms with Crippen LogP contribution in [0.25, 0.3) is 0 Å². The molecular weight excluding hydrogens is 208 g/mol. The van der Waals surface area contributed by atoms with Gasteiger partial charge in [0.25, 0.3) is 0 Å². The van der Waals surface area contributed by atoms with E-state index in [4.69, 9.17) is 5.73 Å². The zero-order chi connectivity index (χ0) is 12.3. The maximum atomic E-state index is 5.88. The molecule has 1 unspecified atom stereocenters. The Morgan fingerprint density at radius 1 is 1.18 bits per heavy atom. The number of rotatable bonds is 5. The maximum absolute atomic E-state index is 5.88. The summed E-state index contributed by atoms with van der Waals surface area (Å²) < 4.78 is 0. The molecule has 2 N–H and O–H groups in total. The van der Waals surface area contributed by atoms with Gasteiger partial charge in [-0.1, -0.05) is 38.1 Å². The molecule has 0 aliphatic carbocycles. The molecule has 0 bridgehead atoms. The summed E-state index contributed by atoms with van der Waals surface area (Å²) in [6.45, 7) is 8.71. The molecule has 1 aromatic carbocycles. The van der Waals surface area contributed by atoms with Crippen molar-refractivity contribution in [3.8, 4) is 0 Å². The van der Waals surface area contributed by atoms with E-state index >= 15 is 0 Å². The molecule has 1 aromatic rings. The van der Waals surface area contributed by atoms with Crippen molar-refractivity contribution in [3.05, 3.63) is 35.4 Å². The molecule has 2 heteroatoms. The second-order valence-electron chi connectivity index (χ2n) is 5.67. The van der Waals surface area contributed by atoms with Crippen LogP contribution in [0.4, 0.5) is 0 Å². The fourth-order valence-electron chi connectivity index (χ4n) is 2.81. The van der Waals surface area contributed by atoms with Crippen molar-refractivity contribution in [2.75, 3.05) is 13.1 Å². The Labute approximate surface area is 105 Å². The predicted molar refractivity (Wildman–Crippen MR) is 72.6 cm³/mol. The van der Waals surface area contributed by atoms with Crippen molar-refractivity contribution >= 4 is 0 Å². The van der Waals surface area contributed by atoms with Crippen molar-refractivity contribution in [1.82, 2.24) is 4.90 Å². The van der Waals surface area contributed by atoms with Crippen LogP contribution < -0.4 is 5.73 Å². The van der Waals surface area contributed by atoms with Crippen LogP contribution in [-0.4, -0.2) is 18.0 Å². The van der Waals surface area contributed by atoms with Crippen LogP contribution in [0.15, 0.2) is 24.3 Å². The molecule has 17 heavy (non-hydrogen) atoms. The fourth-order valence-corrected chi connectivity index (χ4v) is 2.81. The van der Waals surface area contributed by atoms with E-state index in [0.717, 1.165) is 32.1 Å². The summed E-state index contributed by atoms with van der Waals surface area (Å²) in [5, 5.41) is 0. The highest BCUT2D eigenvalue weighted by atomic mass is 15.1. The standard InChI is InChI=1S/C15H24N2/c1-12(2)7-13(8-16)9-17-10-14-5-3-4-6-15(14)11-17/h3-6,12-13H,7-11,16H2,1-2H3. The number of hydrogen-bond donors (Lipinski definition) is 1. The van der Waals surface area contributed by atoms with E-state index in [0.29, 0.717) is 5.92 Å². The van der Waals surface area contributed by atoms with Crippen LogP contribution in [-0.2, 0) is 13.1 Å². The van der Waals surface area contributed by atoms with Crippen molar-refractivity contribution in [3.63, 3.8) is 0 Å². The Morgan fingerprint density at radius 3 is 2.24 bits per heavy atom. The Balaban J connectivity index is 1.90. The molecule has 0 aromatic heterocycles. The monoisotopic (exact) mass is 232 g/mol. The molecule has 1 aliphatic rings. The van der Waals surface area contributed by atoms with Gasteiger partial charge in [-0.25, -0.2) is 0 Å². The van der Waals surface area contributed by atoms with Gasteiger partial charge < -0.3 is 5.73 Å². The summed E-state index contributed by atoms with van der Waals surface area (Å²) in [5.41, 5.74) is 8.86. The van der Waals surface area contributed by atoms with Gasteiger partial charge in [0.1, 0.15) is 0 Å². The van der Waals surface area contributed by atoms with Gasteiger partial charge in [-0.15, -0.1) is 0 Å². The van der Waals surface area contributed by atoms with Gasteiger partial charge in [-0.05, 0) is 35.9 Å². The largest absolute Gasteiger partial charge is 0.330 e. The zero-order valence-electron chi connectivity index (χ0n) is 11.0. The Bertz CT molecular complexity index is 335. The average Bonchev–Trinajstić information content (AvgIpc) is 2.69. The first-order valence-electron chi connectivity index (χ1n) is 6.68. The number of benzene rings is 1. The lowest BCUT2D eigenvalue weighted by Crippen LogP contribution is -2.30. The molecule has 1 aliphatic heterocycles. The van der Waals surface area contributed by atoms with Gasteiger partial charge in [0.15, 0.2) is 0 Å². The number of nitrogens with two attached hydrogens (primary N) is 1. The number of fused-ring (bicyclic) bond motifs is 1. The van der Waals surface area contributed by atoms with E-state index in [9.17, 15) is 0 Å². The molecule has 1 heterocycles. The molecule has 2 rings (SSSR count). The highest BCUT2D eigenvalue weighted by Gasteiger charge is 2.21. The summed E-state index contributed by atoms with van der Waals surface area (Å²) in [4.78, 5) is 2.53. The predicted octanol–water partition coefficient (Wildman–Crippen LogP) is 2.62. The highest BCUT2D eigenvalue weighted by Crippen LogP contribution is 2.24. The third-order valence-electron chi connectivity index (χ3n) is 3.56. The first-order chi connectivity index (χ1) is 8.19. The van der Waals surface area contributed by atoms with Gasteiger partial charge in [0.05, 0.1) is 0 Å². The summed E-state index contributed by atoms with van der Waals surface area (Å²) in [6, 6.07) is 8.76. The summed E-state index contributed by atoms with van der Waals surface area (Å²) >= 11 is 0. The molecule has 0 fully saturated rings. The lowest BCUT2D eigenvalue weighted by atomic mass is 9.97. The van der Waals surface area contributed by atoms with Crippen molar-refractivity contribution in [2.24, 2.45) is 17.6 Å².